The summed E-state index contributed by atoms with van der Waals surface area (Å²) < 4.78 is 112. The van der Waals surface area contributed by atoms with Gasteiger partial charge in [0.15, 0.2) is 11.6 Å². The van der Waals surface area contributed by atoms with Crippen molar-refractivity contribution in [1.82, 2.24) is 15.0 Å². The lowest BCUT2D eigenvalue weighted by atomic mass is 9.96. The van der Waals surface area contributed by atoms with Gasteiger partial charge in [-0.05, 0) is 56.4 Å². The second-order valence-electron chi connectivity index (χ2n) is 6.87. The van der Waals surface area contributed by atoms with Crippen molar-refractivity contribution >= 4 is 33.1 Å². The minimum atomic E-state index is -0.734. The third kappa shape index (κ3) is 3.73. The topological polar surface area (TPSA) is 38.7 Å². The normalized spacial score (nSPS) is 16.7. The minimum Gasteiger partial charge on any atom is -0.208 e. The maximum Gasteiger partial charge on any atom is 0.226 e. The first-order chi connectivity index (χ1) is 21.7. The lowest BCUT2D eigenvalue weighted by Crippen LogP contribution is -1.97. The van der Waals surface area contributed by atoms with Crippen LogP contribution in [0.1, 0.15) is 17.8 Å². The van der Waals surface area contributed by atoms with E-state index in [2.05, 4.69) is 15.0 Å². The first-order valence-corrected chi connectivity index (χ1v) is 10.1. The zero-order chi connectivity index (χ0) is 33.5. The molecule has 0 atom stereocenters. The Labute approximate surface area is 214 Å². The molecule has 3 nitrogen and oxygen atoms in total. The fraction of sp³-hybridized carbons (Fsp3) is 0. The zero-order valence-electron chi connectivity index (χ0n) is 29.6. The van der Waals surface area contributed by atoms with Gasteiger partial charge in [-0.3, -0.25) is 0 Å². The number of nitrogens with zero attached hydrogens (tertiary/aromatic N) is 3. The highest BCUT2D eigenvalue weighted by Crippen LogP contribution is 2.32. The Morgan fingerprint density at radius 3 is 2.06 bits per heavy atom. The number of aromatic nitrogens is 3. The van der Waals surface area contributed by atoms with E-state index in [4.69, 9.17) is 29.4 Å². The summed E-state index contributed by atoms with van der Waals surface area (Å²) in [5, 5.41) is -1.84. The van der Waals surface area contributed by atoms with Gasteiger partial charge in [-0.2, -0.15) is 9.97 Å². The second kappa shape index (κ2) is 8.12. The molecule has 0 amide bonds. The molecule has 5 aromatic carbocycles. The van der Waals surface area contributed by atoms with Gasteiger partial charge in [-0.15, -0.1) is 0 Å². The van der Waals surface area contributed by atoms with Gasteiger partial charge >= 0.3 is 0 Å². The fourth-order valence-electron chi connectivity index (χ4n) is 3.29. The van der Waals surface area contributed by atoms with E-state index in [1.807, 2.05) is 0 Å². The summed E-state index contributed by atoms with van der Waals surface area (Å²) in [6, 6.07) is -0.0338. The Bertz CT molecular complexity index is 2310. The van der Waals surface area contributed by atoms with E-state index in [1.165, 1.54) is 0 Å². The number of rotatable bonds is 3. The van der Waals surface area contributed by atoms with Crippen LogP contribution in [0.2, 0.25) is 5.28 Å². The Balaban J connectivity index is 1.74. The van der Waals surface area contributed by atoms with Gasteiger partial charge in [-0.1, -0.05) is 96.8 Å². The van der Waals surface area contributed by atoms with Crippen molar-refractivity contribution in [3.8, 4) is 33.9 Å². The molecule has 0 N–H and O–H groups in total. The molecule has 33 heavy (non-hydrogen) atoms. The molecule has 1 heterocycles. The van der Waals surface area contributed by atoms with Gasteiger partial charge in [-0.25, -0.2) is 4.98 Å². The molecule has 4 heteroatoms. The van der Waals surface area contributed by atoms with E-state index in [-0.39, 0.29) is 27.9 Å². The molecule has 0 bridgehead atoms. The molecule has 0 unspecified atom stereocenters. The maximum atomic E-state index is 9.08. The van der Waals surface area contributed by atoms with Gasteiger partial charge in [0.25, 0.3) is 0 Å². The summed E-state index contributed by atoms with van der Waals surface area (Å²) in [6.07, 6.45) is 0. The number of halogens is 1. The van der Waals surface area contributed by atoms with Crippen LogP contribution in [0.4, 0.5) is 0 Å². The highest BCUT2D eigenvalue weighted by molar-refractivity contribution is 6.28. The molecular weight excluding hydrogens is 426 g/mol. The van der Waals surface area contributed by atoms with E-state index < -0.39 is 106 Å². The summed E-state index contributed by atoms with van der Waals surface area (Å²) in [6.45, 7) is 0. The van der Waals surface area contributed by atoms with Gasteiger partial charge in [0.2, 0.25) is 5.28 Å². The van der Waals surface area contributed by atoms with Gasteiger partial charge in [0.1, 0.15) is 0 Å². The number of benzene rings is 5. The smallest absolute Gasteiger partial charge is 0.208 e. The average Bonchev–Trinajstić information content (AvgIpc) is 3.03. The van der Waals surface area contributed by atoms with E-state index >= 15 is 0 Å². The third-order valence-electron chi connectivity index (χ3n) is 4.80. The van der Waals surface area contributed by atoms with E-state index in [0.29, 0.717) is 5.56 Å². The minimum absolute atomic E-state index is 0.119. The van der Waals surface area contributed by atoms with Crippen LogP contribution in [0.3, 0.4) is 0 Å². The maximum absolute atomic E-state index is 9.08. The molecule has 156 valence electrons. The van der Waals surface area contributed by atoms with Gasteiger partial charge in [0.05, 0.1) is 17.8 Å². The monoisotopic (exact) mass is 456 g/mol. The van der Waals surface area contributed by atoms with Crippen LogP contribution >= 0.6 is 11.6 Å². The zero-order valence-corrected chi connectivity index (χ0v) is 17.4. The molecule has 6 aromatic rings. The van der Waals surface area contributed by atoms with Crippen LogP contribution < -0.4 is 0 Å². The standard InChI is InChI=1S/C29H18ClN3/c30-29-32-27(20-8-2-1-3-9-20)31-28(33-29)24-16-14-21-17-23(15-13-22(21)18-24)26-12-6-10-19-7-4-5-11-25(19)26/h1-18H/i4D,5D,6D,7D,10D,11D,12D,13D,14D,15D,16D,17D,18D. The van der Waals surface area contributed by atoms with Crippen LogP contribution in [-0.4, -0.2) is 15.0 Å². The highest BCUT2D eigenvalue weighted by atomic mass is 35.5. The molecule has 0 aliphatic heterocycles. The van der Waals surface area contributed by atoms with Crippen molar-refractivity contribution in [2.45, 2.75) is 0 Å². The molecular formula is C29H18ClN3. The molecule has 1 aromatic heterocycles. The van der Waals surface area contributed by atoms with Gasteiger partial charge in [0, 0.05) is 11.1 Å². The summed E-state index contributed by atoms with van der Waals surface area (Å²) in [5.74, 6) is -0.126. The number of fused-ring (bicyclic) bond motifs is 2. The molecule has 0 saturated heterocycles. The van der Waals surface area contributed by atoms with Crippen LogP contribution in [0.25, 0.3) is 55.4 Å². The van der Waals surface area contributed by atoms with Crippen LogP contribution in [0.5, 0.6) is 0 Å². The first-order valence-electron chi connectivity index (χ1n) is 16.2. The quantitative estimate of drug-likeness (QED) is 0.272. The Morgan fingerprint density at radius 2 is 1.24 bits per heavy atom. The highest BCUT2D eigenvalue weighted by Gasteiger charge is 2.11. The molecule has 6 rings (SSSR count). The molecule has 0 aliphatic rings. The van der Waals surface area contributed by atoms with Crippen LogP contribution in [0, 0.1) is 0 Å². The largest absolute Gasteiger partial charge is 0.226 e. The lowest BCUT2D eigenvalue weighted by Gasteiger charge is -2.09. The SMILES string of the molecule is [2H]c1c(-c2c([2H])c([2H])c([2H])c3c([2H])c([2H])c([2H])c([2H])c23)c([2H])c2c([2H])c([2H])c(-c3nc(Cl)nc(-c4ccccc4)n3)c([2H])c2c1[2H]. The number of hydrogen-bond acceptors (Lipinski definition) is 3. The Morgan fingerprint density at radius 1 is 0.576 bits per heavy atom. The summed E-state index contributed by atoms with van der Waals surface area (Å²) >= 11 is 6.19. The molecule has 0 saturated carbocycles. The van der Waals surface area contributed by atoms with Crippen LogP contribution in [-0.2, 0) is 0 Å². The number of hydrogen-bond donors (Lipinski definition) is 0. The van der Waals surface area contributed by atoms with E-state index in [9.17, 15) is 0 Å². The third-order valence-corrected chi connectivity index (χ3v) is 4.97. The fourth-order valence-corrected chi connectivity index (χ4v) is 3.45. The van der Waals surface area contributed by atoms with E-state index in [0.717, 1.165) is 0 Å². The van der Waals surface area contributed by atoms with Crippen molar-refractivity contribution in [3.05, 3.63) is 114 Å². The van der Waals surface area contributed by atoms with Crippen LogP contribution in [0.15, 0.2) is 109 Å². The second-order valence-corrected chi connectivity index (χ2v) is 7.21. The van der Waals surface area contributed by atoms with E-state index in [1.54, 1.807) is 30.3 Å². The molecule has 0 aliphatic carbocycles. The average molecular weight is 457 g/mol. The molecule has 0 fully saturated rings. The Hall–Kier alpha value is -4.08. The summed E-state index contributed by atoms with van der Waals surface area (Å²) in [5.41, 5.74) is -0.728. The Kier molecular flexibility index (Phi) is 2.52. The van der Waals surface area contributed by atoms with Crippen molar-refractivity contribution in [3.63, 3.8) is 0 Å². The van der Waals surface area contributed by atoms with Gasteiger partial charge < -0.3 is 0 Å². The summed E-state index contributed by atoms with van der Waals surface area (Å²) in [7, 11) is 0. The first kappa shape index (κ1) is 10.2. The van der Waals surface area contributed by atoms with Crippen molar-refractivity contribution in [1.29, 1.82) is 0 Å². The molecule has 0 radical (unpaired) electrons. The van der Waals surface area contributed by atoms with Crippen molar-refractivity contribution in [2.24, 2.45) is 0 Å². The van der Waals surface area contributed by atoms with Crippen molar-refractivity contribution < 1.29 is 17.8 Å². The van der Waals surface area contributed by atoms with Crippen molar-refractivity contribution in [2.75, 3.05) is 0 Å². The summed E-state index contributed by atoms with van der Waals surface area (Å²) in [4.78, 5) is 12.5. The predicted molar refractivity (Wildman–Crippen MR) is 136 cm³/mol. The predicted octanol–water partition coefficient (Wildman–Crippen LogP) is 7.83. The molecule has 0 spiro atoms. The lowest BCUT2D eigenvalue weighted by molar-refractivity contribution is 1.07.